The summed E-state index contributed by atoms with van der Waals surface area (Å²) in [5, 5.41) is 0.285. The molecule has 20 heavy (non-hydrogen) atoms. The summed E-state index contributed by atoms with van der Waals surface area (Å²) in [5.41, 5.74) is 2.07. The molecule has 0 amide bonds. The van der Waals surface area contributed by atoms with Crippen molar-refractivity contribution < 1.29 is 9.18 Å². The molecule has 0 atom stereocenters. The number of carbonyl (C=O) groups is 1. The highest BCUT2D eigenvalue weighted by molar-refractivity contribution is 6.31. The van der Waals surface area contributed by atoms with Crippen LogP contribution in [0.2, 0.25) is 5.02 Å². The van der Waals surface area contributed by atoms with Crippen molar-refractivity contribution in [3.05, 3.63) is 64.2 Å². The zero-order valence-corrected chi connectivity index (χ0v) is 12.0. The Kier molecular flexibility index (Phi) is 4.85. The average Bonchev–Trinajstić information content (AvgIpc) is 2.44. The maximum atomic E-state index is 13.6. The van der Waals surface area contributed by atoms with Crippen molar-refractivity contribution in [2.75, 3.05) is 0 Å². The standard InChI is InChI=1S/C16H15ClFNO/c1-2-11-6-7-12(19-10-11)8-13(20)9-14-15(17)4-3-5-16(14)18/h3-7,10H,2,8-9H2,1H3. The molecular formula is C16H15ClFNO. The Labute approximate surface area is 122 Å². The first-order valence-electron chi connectivity index (χ1n) is 6.48. The Morgan fingerprint density at radius 3 is 2.65 bits per heavy atom. The number of nitrogens with zero attached hydrogens (tertiary/aromatic N) is 1. The van der Waals surface area contributed by atoms with Crippen molar-refractivity contribution in [3.8, 4) is 0 Å². The molecule has 104 valence electrons. The molecule has 2 aromatic rings. The van der Waals surface area contributed by atoms with E-state index in [1.807, 2.05) is 19.1 Å². The third-order valence-electron chi connectivity index (χ3n) is 3.11. The highest BCUT2D eigenvalue weighted by atomic mass is 35.5. The fourth-order valence-electron chi connectivity index (χ4n) is 1.93. The van der Waals surface area contributed by atoms with Gasteiger partial charge in [0, 0.05) is 35.3 Å². The number of halogens is 2. The van der Waals surface area contributed by atoms with E-state index in [4.69, 9.17) is 11.6 Å². The van der Waals surface area contributed by atoms with Crippen LogP contribution in [0.5, 0.6) is 0 Å². The first-order chi connectivity index (χ1) is 9.60. The summed E-state index contributed by atoms with van der Waals surface area (Å²) < 4.78 is 13.6. The monoisotopic (exact) mass is 291 g/mol. The van der Waals surface area contributed by atoms with E-state index in [-0.39, 0.29) is 29.2 Å². The SMILES string of the molecule is CCc1ccc(CC(=O)Cc2c(F)cccc2Cl)nc1. The van der Waals surface area contributed by atoms with E-state index in [9.17, 15) is 9.18 Å². The number of aryl methyl sites for hydroxylation is 1. The summed E-state index contributed by atoms with van der Waals surface area (Å²) in [6.07, 6.45) is 2.85. The van der Waals surface area contributed by atoms with Crippen LogP contribution in [0.15, 0.2) is 36.5 Å². The lowest BCUT2D eigenvalue weighted by Crippen LogP contribution is -2.09. The van der Waals surface area contributed by atoms with E-state index in [0.717, 1.165) is 12.0 Å². The first-order valence-corrected chi connectivity index (χ1v) is 6.86. The third-order valence-corrected chi connectivity index (χ3v) is 3.46. The molecule has 4 heteroatoms. The highest BCUT2D eigenvalue weighted by Crippen LogP contribution is 2.20. The zero-order valence-electron chi connectivity index (χ0n) is 11.2. The van der Waals surface area contributed by atoms with E-state index >= 15 is 0 Å². The second-order valence-electron chi connectivity index (χ2n) is 4.60. The van der Waals surface area contributed by atoms with Crippen molar-refractivity contribution in [2.45, 2.75) is 26.2 Å². The first kappa shape index (κ1) is 14.7. The molecule has 0 saturated carbocycles. The van der Waals surface area contributed by atoms with E-state index in [1.54, 1.807) is 12.3 Å². The van der Waals surface area contributed by atoms with Crippen LogP contribution < -0.4 is 0 Å². The summed E-state index contributed by atoms with van der Waals surface area (Å²) in [6, 6.07) is 8.20. The minimum Gasteiger partial charge on any atom is -0.299 e. The highest BCUT2D eigenvalue weighted by Gasteiger charge is 2.12. The van der Waals surface area contributed by atoms with Gasteiger partial charge in [0.1, 0.15) is 11.6 Å². The predicted molar refractivity (Wildman–Crippen MR) is 77.4 cm³/mol. The fraction of sp³-hybridized carbons (Fsp3) is 0.250. The molecule has 0 aliphatic carbocycles. The van der Waals surface area contributed by atoms with Crippen molar-refractivity contribution >= 4 is 17.4 Å². The summed E-state index contributed by atoms with van der Waals surface area (Å²) in [4.78, 5) is 16.2. The van der Waals surface area contributed by atoms with Gasteiger partial charge in [-0.3, -0.25) is 9.78 Å². The lowest BCUT2D eigenvalue weighted by Gasteiger charge is -2.05. The van der Waals surface area contributed by atoms with E-state index in [0.29, 0.717) is 5.69 Å². The number of hydrogen-bond acceptors (Lipinski definition) is 2. The van der Waals surface area contributed by atoms with Gasteiger partial charge < -0.3 is 0 Å². The second-order valence-corrected chi connectivity index (χ2v) is 5.01. The van der Waals surface area contributed by atoms with Gasteiger partial charge in [-0.1, -0.05) is 30.7 Å². The number of benzene rings is 1. The molecule has 0 spiro atoms. The maximum absolute atomic E-state index is 13.6. The molecule has 0 saturated heterocycles. The molecule has 1 aromatic heterocycles. The number of aromatic nitrogens is 1. The average molecular weight is 292 g/mol. The molecular weight excluding hydrogens is 277 g/mol. The Morgan fingerprint density at radius 1 is 1.25 bits per heavy atom. The summed E-state index contributed by atoms with van der Waals surface area (Å²) in [6.45, 7) is 2.04. The van der Waals surface area contributed by atoms with E-state index in [2.05, 4.69) is 4.98 Å². The molecule has 0 bridgehead atoms. The topological polar surface area (TPSA) is 30.0 Å². The third kappa shape index (κ3) is 3.64. The molecule has 2 rings (SSSR count). The largest absolute Gasteiger partial charge is 0.299 e. The van der Waals surface area contributed by atoms with Crippen molar-refractivity contribution in [1.82, 2.24) is 4.98 Å². The molecule has 0 unspecified atom stereocenters. The van der Waals surface area contributed by atoms with Crippen LogP contribution in [-0.4, -0.2) is 10.8 Å². The fourth-order valence-corrected chi connectivity index (χ4v) is 2.16. The van der Waals surface area contributed by atoms with Gasteiger partial charge in [0.2, 0.25) is 0 Å². The number of Topliss-reactive ketones (excluding diaryl/α,β-unsaturated/α-hetero) is 1. The van der Waals surface area contributed by atoms with Gasteiger partial charge in [0.15, 0.2) is 0 Å². The minimum atomic E-state index is -0.444. The molecule has 1 aromatic carbocycles. The van der Waals surface area contributed by atoms with Crippen LogP contribution in [0, 0.1) is 5.82 Å². The van der Waals surface area contributed by atoms with Crippen LogP contribution in [-0.2, 0) is 24.1 Å². The number of rotatable bonds is 5. The van der Waals surface area contributed by atoms with Crippen LogP contribution in [0.3, 0.4) is 0 Å². The van der Waals surface area contributed by atoms with Gasteiger partial charge in [-0.15, -0.1) is 0 Å². The lowest BCUT2D eigenvalue weighted by atomic mass is 10.0. The Balaban J connectivity index is 2.05. The van der Waals surface area contributed by atoms with Gasteiger partial charge in [-0.05, 0) is 30.2 Å². The zero-order chi connectivity index (χ0) is 14.5. The Morgan fingerprint density at radius 2 is 2.05 bits per heavy atom. The summed E-state index contributed by atoms with van der Waals surface area (Å²) >= 11 is 5.91. The molecule has 0 aliphatic heterocycles. The predicted octanol–water partition coefficient (Wildman–Crippen LogP) is 3.79. The maximum Gasteiger partial charge on any atom is 0.143 e. The van der Waals surface area contributed by atoms with Crippen LogP contribution in [0.4, 0.5) is 4.39 Å². The number of pyridine rings is 1. The van der Waals surface area contributed by atoms with Crippen LogP contribution >= 0.6 is 11.6 Å². The number of carbonyl (C=O) groups excluding carboxylic acids is 1. The smallest absolute Gasteiger partial charge is 0.143 e. The molecule has 1 heterocycles. The normalized spacial score (nSPS) is 10.6. The number of hydrogen-bond donors (Lipinski definition) is 0. The molecule has 0 fully saturated rings. The quantitative estimate of drug-likeness (QED) is 0.839. The Hall–Kier alpha value is -1.74. The van der Waals surface area contributed by atoms with Gasteiger partial charge in [-0.2, -0.15) is 0 Å². The molecule has 0 N–H and O–H groups in total. The molecule has 0 radical (unpaired) electrons. The Bertz CT molecular complexity index is 590. The molecule has 2 nitrogen and oxygen atoms in total. The van der Waals surface area contributed by atoms with E-state index in [1.165, 1.54) is 12.1 Å². The molecule has 0 aliphatic rings. The van der Waals surface area contributed by atoms with Gasteiger partial charge >= 0.3 is 0 Å². The van der Waals surface area contributed by atoms with Gasteiger partial charge in [0.25, 0.3) is 0 Å². The minimum absolute atomic E-state index is 0.0112. The van der Waals surface area contributed by atoms with Gasteiger partial charge in [-0.25, -0.2) is 4.39 Å². The van der Waals surface area contributed by atoms with Crippen molar-refractivity contribution in [1.29, 1.82) is 0 Å². The lowest BCUT2D eigenvalue weighted by molar-refractivity contribution is -0.117. The number of ketones is 1. The van der Waals surface area contributed by atoms with Crippen molar-refractivity contribution in [3.63, 3.8) is 0 Å². The van der Waals surface area contributed by atoms with Gasteiger partial charge in [0.05, 0.1) is 0 Å². The van der Waals surface area contributed by atoms with Crippen molar-refractivity contribution in [2.24, 2.45) is 0 Å². The summed E-state index contributed by atoms with van der Waals surface area (Å²) in [5.74, 6) is -0.547. The van der Waals surface area contributed by atoms with Crippen LogP contribution in [0.25, 0.3) is 0 Å². The van der Waals surface area contributed by atoms with E-state index < -0.39 is 5.82 Å². The van der Waals surface area contributed by atoms with Crippen LogP contribution in [0.1, 0.15) is 23.7 Å². The summed E-state index contributed by atoms with van der Waals surface area (Å²) in [7, 11) is 0. The second kappa shape index (κ2) is 6.62.